The third-order valence-corrected chi connectivity index (χ3v) is 4.60. The van der Waals surface area contributed by atoms with Crippen molar-refractivity contribution >= 4 is 0 Å². The largest absolute Gasteiger partial charge is 0.395 e. The minimum absolute atomic E-state index is 0.0626. The first-order valence-corrected chi connectivity index (χ1v) is 7.79. The van der Waals surface area contributed by atoms with Crippen molar-refractivity contribution in [2.45, 2.75) is 17.5 Å². The summed E-state index contributed by atoms with van der Waals surface area (Å²) in [5, 5.41) is 22.2. The molecule has 124 valence electrons. The summed E-state index contributed by atoms with van der Waals surface area (Å²) in [4.78, 5) is 0. The van der Waals surface area contributed by atoms with Crippen molar-refractivity contribution in [3.8, 4) is 17.2 Å². The molecule has 4 nitrogen and oxygen atoms in total. The second-order valence-electron chi connectivity index (χ2n) is 6.03. The van der Waals surface area contributed by atoms with Gasteiger partial charge in [-0.3, -0.25) is 5.32 Å². The second-order valence-corrected chi connectivity index (χ2v) is 6.03. The van der Waals surface area contributed by atoms with E-state index in [1.165, 1.54) is 6.07 Å². The molecule has 0 bridgehead atoms. The molecule has 0 saturated carbocycles. The molecule has 3 atom stereocenters. The highest BCUT2D eigenvalue weighted by Crippen LogP contribution is 2.41. The number of hydrogen-bond donors (Lipinski definition) is 2. The highest BCUT2D eigenvalue weighted by atomic mass is 19.1. The second kappa shape index (κ2) is 6.70. The van der Waals surface area contributed by atoms with Gasteiger partial charge in [0.1, 0.15) is 11.4 Å². The minimum Gasteiger partial charge on any atom is -0.395 e. The average Bonchev–Trinajstić information content (AvgIpc) is 2.59. The maximum Gasteiger partial charge on any atom is 0.139 e. The predicted molar refractivity (Wildman–Crippen MR) is 88.8 cm³/mol. The van der Waals surface area contributed by atoms with Gasteiger partial charge in [0.25, 0.3) is 0 Å². The Bertz CT molecular complexity index is 757. The van der Waals surface area contributed by atoms with Crippen LogP contribution >= 0.6 is 0 Å². The van der Waals surface area contributed by atoms with Crippen LogP contribution in [0.15, 0.2) is 48.5 Å². The molecule has 2 aromatic carbocycles. The van der Waals surface area contributed by atoms with E-state index in [0.29, 0.717) is 5.56 Å². The van der Waals surface area contributed by atoms with Crippen LogP contribution in [0.4, 0.5) is 4.39 Å². The standard InChI is InChI=1S/C19H19FN2O2/c1-24-12-19(11-21)18(17(10-23)22-19)14-8-6-13(7-9-14)15-4-2-3-5-16(15)20/h2-9,17-18,22-23H,10,12H2,1H3/t17-,18+,19-/m0/s1. The molecular weight excluding hydrogens is 307 g/mol. The van der Waals surface area contributed by atoms with Crippen LogP contribution in [0.5, 0.6) is 0 Å². The molecule has 0 spiro atoms. The van der Waals surface area contributed by atoms with E-state index in [1.807, 2.05) is 24.3 Å². The van der Waals surface area contributed by atoms with Gasteiger partial charge in [0, 0.05) is 24.6 Å². The predicted octanol–water partition coefficient (Wildman–Crippen LogP) is 2.45. The van der Waals surface area contributed by atoms with Crippen LogP contribution in [0.2, 0.25) is 0 Å². The summed E-state index contributed by atoms with van der Waals surface area (Å²) in [6.07, 6.45) is 0. The molecule has 2 aromatic rings. The van der Waals surface area contributed by atoms with Gasteiger partial charge in [-0.2, -0.15) is 5.26 Å². The quantitative estimate of drug-likeness (QED) is 0.886. The van der Waals surface area contributed by atoms with Crippen LogP contribution in [0.1, 0.15) is 11.5 Å². The Morgan fingerprint density at radius 1 is 1.25 bits per heavy atom. The average molecular weight is 326 g/mol. The Hall–Kier alpha value is -2.26. The first-order valence-electron chi connectivity index (χ1n) is 7.79. The maximum absolute atomic E-state index is 13.9. The molecule has 2 N–H and O–H groups in total. The van der Waals surface area contributed by atoms with E-state index in [4.69, 9.17) is 4.74 Å². The molecule has 1 aliphatic heterocycles. The normalized spacial score (nSPS) is 25.8. The monoisotopic (exact) mass is 326 g/mol. The summed E-state index contributed by atoms with van der Waals surface area (Å²) in [5.74, 6) is -0.448. The van der Waals surface area contributed by atoms with E-state index < -0.39 is 5.54 Å². The van der Waals surface area contributed by atoms with E-state index in [9.17, 15) is 14.8 Å². The SMILES string of the molecule is COC[C@]1(C#N)N[C@@H](CO)[C@H]1c1ccc(-c2ccccc2F)cc1. The number of aliphatic hydroxyl groups excluding tert-OH is 1. The molecular formula is C19H19FN2O2. The molecule has 0 aliphatic carbocycles. The zero-order chi connectivity index (χ0) is 17.2. The number of nitrogens with one attached hydrogen (secondary N) is 1. The Kier molecular flexibility index (Phi) is 4.63. The fraction of sp³-hybridized carbons (Fsp3) is 0.316. The Morgan fingerprint density at radius 2 is 1.96 bits per heavy atom. The number of aliphatic hydroxyl groups is 1. The topological polar surface area (TPSA) is 65.3 Å². The highest BCUT2D eigenvalue weighted by Gasteiger charge is 2.54. The number of methoxy groups -OCH3 is 1. The van der Waals surface area contributed by atoms with Gasteiger partial charge in [0.2, 0.25) is 0 Å². The van der Waals surface area contributed by atoms with Crippen LogP contribution in [-0.4, -0.2) is 37.0 Å². The first kappa shape index (κ1) is 16.6. The maximum atomic E-state index is 13.9. The molecule has 0 amide bonds. The van der Waals surface area contributed by atoms with E-state index in [1.54, 1.807) is 25.3 Å². The van der Waals surface area contributed by atoms with Crippen molar-refractivity contribution < 1.29 is 14.2 Å². The van der Waals surface area contributed by atoms with Crippen LogP contribution in [0.25, 0.3) is 11.1 Å². The Labute approximate surface area is 140 Å². The molecule has 1 aliphatic rings. The smallest absolute Gasteiger partial charge is 0.139 e. The zero-order valence-corrected chi connectivity index (χ0v) is 13.4. The third kappa shape index (κ3) is 2.69. The van der Waals surface area contributed by atoms with Crippen molar-refractivity contribution in [3.05, 3.63) is 59.9 Å². The summed E-state index contributed by atoms with van der Waals surface area (Å²) in [7, 11) is 1.55. The first-order chi connectivity index (χ1) is 11.6. The Balaban J connectivity index is 1.92. The van der Waals surface area contributed by atoms with Crippen LogP contribution in [0.3, 0.4) is 0 Å². The molecule has 1 fully saturated rings. The summed E-state index contributed by atoms with van der Waals surface area (Å²) >= 11 is 0. The number of rotatable bonds is 5. The van der Waals surface area contributed by atoms with Crippen LogP contribution < -0.4 is 5.32 Å². The number of benzene rings is 2. The third-order valence-electron chi connectivity index (χ3n) is 4.60. The summed E-state index contributed by atoms with van der Waals surface area (Å²) in [6.45, 7) is 0.173. The summed E-state index contributed by atoms with van der Waals surface area (Å²) in [5.41, 5.74) is 1.39. The summed E-state index contributed by atoms with van der Waals surface area (Å²) in [6, 6.07) is 16.2. The molecule has 0 radical (unpaired) electrons. The molecule has 0 unspecified atom stereocenters. The molecule has 1 heterocycles. The lowest BCUT2D eigenvalue weighted by molar-refractivity contribution is 0.0248. The van der Waals surface area contributed by atoms with Crippen molar-refractivity contribution in [2.75, 3.05) is 20.3 Å². The molecule has 5 heteroatoms. The van der Waals surface area contributed by atoms with E-state index in [2.05, 4.69) is 11.4 Å². The molecule has 24 heavy (non-hydrogen) atoms. The van der Waals surface area contributed by atoms with E-state index >= 15 is 0 Å². The number of halogens is 1. The zero-order valence-electron chi connectivity index (χ0n) is 13.4. The van der Waals surface area contributed by atoms with E-state index in [0.717, 1.165) is 11.1 Å². The van der Waals surface area contributed by atoms with Gasteiger partial charge < -0.3 is 9.84 Å². The van der Waals surface area contributed by atoms with Gasteiger partial charge >= 0.3 is 0 Å². The van der Waals surface area contributed by atoms with Crippen molar-refractivity contribution in [1.82, 2.24) is 5.32 Å². The van der Waals surface area contributed by atoms with E-state index in [-0.39, 0.29) is 31.0 Å². The summed E-state index contributed by atoms with van der Waals surface area (Å²) < 4.78 is 19.1. The van der Waals surface area contributed by atoms with Crippen LogP contribution in [-0.2, 0) is 4.74 Å². The fourth-order valence-corrected chi connectivity index (χ4v) is 3.48. The number of nitrogens with zero attached hydrogens (tertiary/aromatic N) is 1. The number of nitriles is 1. The van der Waals surface area contributed by atoms with Crippen LogP contribution in [0, 0.1) is 17.1 Å². The van der Waals surface area contributed by atoms with Crippen molar-refractivity contribution in [3.63, 3.8) is 0 Å². The fourth-order valence-electron chi connectivity index (χ4n) is 3.48. The molecule has 1 saturated heterocycles. The molecule has 3 rings (SSSR count). The highest BCUT2D eigenvalue weighted by molar-refractivity contribution is 5.64. The van der Waals surface area contributed by atoms with Gasteiger partial charge in [-0.05, 0) is 17.2 Å². The van der Waals surface area contributed by atoms with Crippen molar-refractivity contribution in [1.29, 1.82) is 5.26 Å². The van der Waals surface area contributed by atoms with Gasteiger partial charge in [0.15, 0.2) is 0 Å². The lowest BCUT2D eigenvalue weighted by atomic mass is 9.68. The lowest BCUT2D eigenvalue weighted by Gasteiger charge is -2.51. The van der Waals surface area contributed by atoms with Gasteiger partial charge in [-0.1, -0.05) is 42.5 Å². The Morgan fingerprint density at radius 3 is 2.54 bits per heavy atom. The minimum atomic E-state index is -0.846. The number of ether oxygens (including phenoxy) is 1. The van der Waals surface area contributed by atoms with Crippen molar-refractivity contribution in [2.24, 2.45) is 0 Å². The lowest BCUT2D eigenvalue weighted by Crippen LogP contribution is -2.72. The number of hydrogen-bond acceptors (Lipinski definition) is 4. The van der Waals surface area contributed by atoms with Gasteiger partial charge in [-0.15, -0.1) is 0 Å². The molecule has 0 aromatic heterocycles. The van der Waals surface area contributed by atoms with Gasteiger partial charge in [0.05, 0.1) is 19.3 Å². The van der Waals surface area contributed by atoms with Gasteiger partial charge in [-0.25, -0.2) is 4.39 Å².